The molecule has 138 valence electrons. The van der Waals surface area contributed by atoms with Crippen LogP contribution in [-0.2, 0) is 27.6 Å². The van der Waals surface area contributed by atoms with Gasteiger partial charge in [-0.15, -0.1) is 0 Å². The molecule has 2 aromatic rings. The number of amides is 1. The number of nitrogens with one attached hydrogen (secondary N) is 2. The van der Waals surface area contributed by atoms with Gasteiger partial charge in [0.05, 0.1) is 16.3 Å². The summed E-state index contributed by atoms with van der Waals surface area (Å²) in [5, 5.41) is 5.66. The Hall–Kier alpha value is -2.25. The molecule has 1 amide bonds. The van der Waals surface area contributed by atoms with Crippen LogP contribution in [0.5, 0.6) is 0 Å². The van der Waals surface area contributed by atoms with Crippen molar-refractivity contribution < 1.29 is 17.6 Å². The van der Waals surface area contributed by atoms with Crippen molar-refractivity contribution in [2.75, 3.05) is 17.6 Å². The number of halogens is 1. The van der Waals surface area contributed by atoms with Gasteiger partial charge in [0.2, 0.25) is 5.91 Å². The highest BCUT2D eigenvalue weighted by molar-refractivity contribution is 7.91. The highest BCUT2D eigenvalue weighted by atomic mass is 32.2. The molecule has 0 bridgehead atoms. The summed E-state index contributed by atoms with van der Waals surface area (Å²) in [7, 11) is -3.55. The lowest BCUT2D eigenvalue weighted by Gasteiger charge is -2.19. The lowest BCUT2D eigenvalue weighted by molar-refractivity contribution is -0.115. The summed E-state index contributed by atoms with van der Waals surface area (Å²) in [4.78, 5) is 12.3. The van der Waals surface area contributed by atoms with Crippen LogP contribution in [0.3, 0.4) is 0 Å². The molecule has 0 atom stereocenters. The number of hydrogen-bond acceptors (Lipinski definition) is 4. The third kappa shape index (κ3) is 4.11. The topological polar surface area (TPSA) is 75.3 Å². The Morgan fingerprint density at radius 3 is 2.65 bits per heavy atom. The second-order valence-electron chi connectivity index (χ2n) is 6.42. The molecule has 1 heterocycles. The maximum absolute atomic E-state index is 14.5. The number of anilines is 1. The molecule has 5 nitrogen and oxygen atoms in total. The number of carbonyl (C=O) groups is 1. The molecule has 0 unspecified atom stereocenters. The second kappa shape index (κ2) is 7.55. The van der Waals surface area contributed by atoms with E-state index in [1.54, 1.807) is 18.2 Å². The molecule has 2 aromatic carbocycles. The maximum Gasteiger partial charge on any atom is 0.225 e. The molecule has 1 aliphatic rings. The van der Waals surface area contributed by atoms with E-state index < -0.39 is 21.6 Å². The minimum atomic E-state index is -3.55. The molecule has 0 spiro atoms. The average Bonchev–Trinajstić information content (AvgIpc) is 2.63. The minimum Gasteiger partial charge on any atom is -0.324 e. The number of benzene rings is 2. The first kappa shape index (κ1) is 18.5. The van der Waals surface area contributed by atoms with Crippen molar-refractivity contribution in [2.24, 2.45) is 0 Å². The van der Waals surface area contributed by atoms with E-state index >= 15 is 0 Å². The van der Waals surface area contributed by atoms with Gasteiger partial charge in [-0.05, 0) is 49.2 Å². The summed E-state index contributed by atoms with van der Waals surface area (Å²) >= 11 is 0. The largest absolute Gasteiger partial charge is 0.324 e. The van der Waals surface area contributed by atoms with Gasteiger partial charge in [0.15, 0.2) is 9.84 Å². The molecule has 0 fully saturated rings. The lowest BCUT2D eigenvalue weighted by atomic mass is 9.99. The predicted octanol–water partition coefficient (Wildman–Crippen LogP) is 2.58. The van der Waals surface area contributed by atoms with Crippen LogP contribution in [0.1, 0.15) is 23.1 Å². The van der Waals surface area contributed by atoms with Crippen molar-refractivity contribution in [1.29, 1.82) is 0 Å². The number of aryl methyl sites for hydroxylation is 1. The van der Waals surface area contributed by atoms with Crippen molar-refractivity contribution in [2.45, 2.75) is 31.2 Å². The number of sulfone groups is 1. The van der Waals surface area contributed by atoms with E-state index in [2.05, 4.69) is 10.6 Å². The third-order valence-corrected chi connectivity index (χ3v) is 6.19. The normalized spacial score (nSPS) is 13.9. The Bertz CT molecular complexity index is 925. The Morgan fingerprint density at radius 1 is 1.19 bits per heavy atom. The molecule has 0 saturated heterocycles. The summed E-state index contributed by atoms with van der Waals surface area (Å²) in [5.74, 6) is -1.27. The number of carbonyl (C=O) groups excluding carboxylic acids is 1. The van der Waals surface area contributed by atoms with Crippen molar-refractivity contribution in [3.8, 4) is 0 Å². The van der Waals surface area contributed by atoms with Crippen molar-refractivity contribution in [3.05, 3.63) is 58.9 Å². The fourth-order valence-corrected chi connectivity index (χ4v) is 4.17. The van der Waals surface area contributed by atoms with Crippen LogP contribution in [-0.4, -0.2) is 26.6 Å². The Kier molecular flexibility index (Phi) is 5.38. The summed E-state index contributed by atoms with van der Waals surface area (Å²) in [6.45, 7) is 3.17. The zero-order chi connectivity index (χ0) is 18.7. The van der Waals surface area contributed by atoms with Crippen LogP contribution in [0, 0.1) is 12.7 Å². The molecule has 0 saturated carbocycles. The quantitative estimate of drug-likeness (QED) is 0.841. The first-order valence-electron chi connectivity index (χ1n) is 8.47. The van der Waals surface area contributed by atoms with Gasteiger partial charge in [-0.1, -0.05) is 23.8 Å². The number of hydrogen-bond donors (Lipinski definition) is 2. The predicted molar refractivity (Wildman–Crippen MR) is 98.3 cm³/mol. The Balaban J connectivity index is 1.65. The van der Waals surface area contributed by atoms with Crippen LogP contribution < -0.4 is 10.6 Å². The van der Waals surface area contributed by atoms with E-state index in [1.807, 2.05) is 6.92 Å². The summed E-state index contributed by atoms with van der Waals surface area (Å²) in [6, 6.07) is 9.78. The van der Waals surface area contributed by atoms with E-state index in [4.69, 9.17) is 0 Å². The van der Waals surface area contributed by atoms with Crippen molar-refractivity contribution in [1.82, 2.24) is 5.32 Å². The fraction of sp³-hybridized carbons (Fsp3) is 0.316. The SMILES string of the molecule is Cc1ccc(S(=O)(=O)CCC(=O)Nc2ccc3c(c2F)CCNC3)cc1. The van der Waals surface area contributed by atoms with Gasteiger partial charge in [-0.3, -0.25) is 4.79 Å². The first-order chi connectivity index (χ1) is 12.4. The van der Waals surface area contributed by atoms with E-state index in [0.29, 0.717) is 25.1 Å². The van der Waals surface area contributed by atoms with E-state index in [-0.39, 0.29) is 22.8 Å². The van der Waals surface area contributed by atoms with Gasteiger partial charge in [0.25, 0.3) is 0 Å². The minimum absolute atomic E-state index is 0.100. The zero-order valence-electron chi connectivity index (χ0n) is 14.5. The van der Waals surface area contributed by atoms with E-state index in [0.717, 1.165) is 11.1 Å². The van der Waals surface area contributed by atoms with Gasteiger partial charge < -0.3 is 10.6 Å². The molecule has 0 aliphatic carbocycles. The molecule has 3 rings (SSSR count). The highest BCUT2D eigenvalue weighted by Gasteiger charge is 2.19. The summed E-state index contributed by atoms with van der Waals surface area (Å²) in [5.41, 5.74) is 2.55. The molecule has 0 radical (unpaired) electrons. The molecule has 26 heavy (non-hydrogen) atoms. The van der Waals surface area contributed by atoms with Gasteiger partial charge in [-0.2, -0.15) is 0 Å². The lowest BCUT2D eigenvalue weighted by Crippen LogP contribution is -2.25. The molecular weight excluding hydrogens is 355 g/mol. The van der Waals surface area contributed by atoms with Gasteiger partial charge >= 0.3 is 0 Å². The molecule has 0 aromatic heterocycles. The van der Waals surface area contributed by atoms with Gasteiger partial charge in [0.1, 0.15) is 5.82 Å². The van der Waals surface area contributed by atoms with Crippen LogP contribution in [0.4, 0.5) is 10.1 Å². The standard InChI is InChI=1S/C19H21FN2O3S/c1-13-2-5-15(6-3-13)26(24,25)11-9-18(23)22-17-7-4-14-12-21-10-8-16(14)19(17)20/h2-7,21H,8-12H2,1H3,(H,22,23). The molecular formula is C19H21FN2O3S. The first-order valence-corrected chi connectivity index (χ1v) is 10.1. The monoisotopic (exact) mass is 376 g/mol. The summed E-state index contributed by atoms with van der Waals surface area (Å²) in [6.07, 6.45) is 0.334. The fourth-order valence-electron chi connectivity index (χ4n) is 2.93. The molecule has 7 heteroatoms. The van der Waals surface area contributed by atoms with Crippen molar-refractivity contribution >= 4 is 21.4 Å². The maximum atomic E-state index is 14.5. The molecule has 2 N–H and O–H groups in total. The Morgan fingerprint density at radius 2 is 1.92 bits per heavy atom. The van der Waals surface area contributed by atoms with Crippen LogP contribution in [0.15, 0.2) is 41.3 Å². The zero-order valence-corrected chi connectivity index (χ0v) is 15.3. The van der Waals surface area contributed by atoms with Crippen LogP contribution in [0.2, 0.25) is 0 Å². The molecule has 1 aliphatic heterocycles. The van der Waals surface area contributed by atoms with E-state index in [1.165, 1.54) is 18.2 Å². The smallest absolute Gasteiger partial charge is 0.225 e. The van der Waals surface area contributed by atoms with Gasteiger partial charge in [0, 0.05) is 13.0 Å². The van der Waals surface area contributed by atoms with Crippen molar-refractivity contribution in [3.63, 3.8) is 0 Å². The number of rotatable bonds is 5. The highest BCUT2D eigenvalue weighted by Crippen LogP contribution is 2.24. The third-order valence-electron chi connectivity index (χ3n) is 4.46. The van der Waals surface area contributed by atoms with E-state index in [9.17, 15) is 17.6 Å². The Labute approximate surface area is 152 Å². The van der Waals surface area contributed by atoms with Crippen LogP contribution in [0.25, 0.3) is 0 Å². The number of fused-ring (bicyclic) bond motifs is 1. The summed E-state index contributed by atoms with van der Waals surface area (Å²) < 4.78 is 39.1. The average molecular weight is 376 g/mol. The van der Waals surface area contributed by atoms with Crippen LogP contribution >= 0.6 is 0 Å². The second-order valence-corrected chi connectivity index (χ2v) is 8.53. The van der Waals surface area contributed by atoms with Gasteiger partial charge in [-0.25, -0.2) is 12.8 Å².